The van der Waals surface area contributed by atoms with E-state index in [1.54, 1.807) is 0 Å². The van der Waals surface area contributed by atoms with E-state index < -0.39 is 18.3 Å². The monoisotopic (exact) mass is 263 g/mol. The smallest absolute Gasteiger partial charge is 0.407 e. The Morgan fingerprint density at radius 3 is 2.63 bits per heavy atom. The maximum atomic E-state index is 11.6. The quantitative estimate of drug-likeness (QED) is 0.874. The molecule has 1 fully saturated rings. The third-order valence-electron chi connectivity index (χ3n) is 3.36. The van der Waals surface area contributed by atoms with Crippen LogP contribution in [-0.2, 0) is 11.2 Å². The minimum absolute atomic E-state index is 0.285. The normalized spacial score (nSPS) is 26.9. The summed E-state index contributed by atoms with van der Waals surface area (Å²) in [5, 5.41) is 13.0. The first-order valence-corrected chi connectivity index (χ1v) is 6.75. The van der Waals surface area contributed by atoms with E-state index >= 15 is 0 Å². The van der Waals surface area contributed by atoms with Crippen LogP contribution in [0.3, 0.4) is 0 Å². The maximum Gasteiger partial charge on any atom is 0.407 e. The van der Waals surface area contributed by atoms with Gasteiger partial charge in [0.05, 0.1) is 6.04 Å². The van der Waals surface area contributed by atoms with Crippen LogP contribution in [0.15, 0.2) is 30.3 Å². The summed E-state index contributed by atoms with van der Waals surface area (Å²) in [4.78, 5) is 11.6. The Hall–Kier alpha value is -1.55. The molecule has 2 N–H and O–H groups in total. The third-order valence-corrected chi connectivity index (χ3v) is 3.36. The second-order valence-electron chi connectivity index (χ2n) is 5.50. The van der Waals surface area contributed by atoms with E-state index in [-0.39, 0.29) is 6.04 Å². The molecule has 104 valence electrons. The number of carbonyl (C=O) groups is 1. The van der Waals surface area contributed by atoms with Crippen LogP contribution in [0.1, 0.15) is 25.8 Å². The molecule has 3 atom stereocenters. The number of carbonyl (C=O) groups excluding carboxylic acids is 1. The van der Waals surface area contributed by atoms with E-state index in [1.807, 2.05) is 30.3 Å². The van der Waals surface area contributed by atoms with Gasteiger partial charge in [-0.25, -0.2) is 4.79 Å². The molecule has 0 unspecified atom stereocenters. The van der Waals surface area contributed by atoms with E-state index in [9.17, 15) is 9.90 Å². The molecule has 1 aromatic carbocycles. The van der Waals surface area contributed by atoms with E-state index in [2.05, 4.69) is 19.2 Å². The van der Waals surface area contributed by atoms with Crippen LogP contribution in [0, 0.1) is 5.92 Å². The number of aliphatic hydroxyl groups is 1. The molecule has 4 heteroatoms. The summed E-state index contributed by atoms with van der Waals surface area (Å²) in [6.45, 7) is 4.10. The van der Waals surface area contributed by atoms with Crippen molar-refractivity contribution in [3.63, 3.8) is 0 Å². The molecule has 0 radical (unpaired) electrons. The molecule has 19 heavy (non-hydrogen) atoms. The highest BCUT2D eigenvalue weighted by molar-refractivity contribution is 5.69. The zero-order valence-electron chi connectivity index (χ0n) is 11.4. The zero-order chi connectivity index (χ0) is 13.8. The second kappa shape index (κ2) is 6.06. The first-order chi connectivity index (χ1) is 9.06. The molecule has 0 saturated carbocycles. The molecule has 2 rings (SSSR count). The van der Waals surface area contributed by atoms with Crippen LogP contribution < -0.4 is 5.32 Å². The van der Waals surface area contributed by atoms with Crippen molar-refractivity contribution in [3.05, 3.63) is 35.9 Å². The van der Waals surface area contributed by atoms with Crippen LogP contribution in [-0.4, -0.2) is 29.4 Å². The highest BCUT2D eigenvalue weighted by atomic mass is 16.6. The summed E-state index contributed by atoms with van der Waals surface area (Å²) in [7, 11) is 0. The maximum absolute atomic E-state index is 11.6. The number of benzene rings is 1. The van der Waals surface area contributed by atoms with Crippen LogP contribution in [0.4, 0.5) is 4.79 Å². The Bertz CT molecular complexity index is 419. The fourth-order valence-electron chi connectivity index (χ4n) is 2.43. The van der Waals surface area contributed by atoms with Gasteiger partial charge in [0.15, 0.2) is 0 Å². The van der Waals surface area contributed by atoms with Crippen molar-refractivity contribution in [2.45, 2.75) is 44.9 Å². The lowest BCUT2D eigenvalue weighted by Crippen LogP contribution is -2.57. The van der Waals surface area contributed by atoms with Crippen molar-refractivity contribution >= 4 is 6.09 Å². The number of cyclic esters (lactones) is 1. The van der Waals surface area contributed by atoms with Crippen molar-refractivity contribution in [1.29, 1.82) is 0 Å². The SMILES string of the molecule is CC(C)C[C@@H]1OC(=O)N[C@@H](Cc2ccccc2)[C@H]1O. The number of ether oxygens (including phenoxy) is 1. The molecular weight excluding hydrogens is 242 g/mol. The molecule has 4 nitrogen and oxygen atoms in total. The fraction of sp³-hybridized carbons (Fsp3) is 0.533. The predicted molar refractivity (Wildman–Crippen MR) is 72.8 cm³/mol. The molecule has 0 bridgehead atoms. The first kappa shape index (κ1) is 13.9. The van der Waals surface area contributed by atoms with Crippen molar-refractivity contribution in [3.8, 4) is 0 Å². The largest absolute Gasteiger partial charge is 0.443 e. The van der Waals surface area contributed by atoms with E-state index in [1.165, 1.54) is 0 Å². The van der Waals surface area contributed by atoms with Crippen molar-refractivity contribution in [1.82, 2.24) is 5.32 Å². The van der Waals surface area contributed by atoms with Crippen LogP contribution >= 0.6 is 0 Å². The summed E-state index contributed by atoms with van der Waals surface area (Å²) in [6.07, 6.45) is -0.217. The highest BCUT2D eigenvalue weighted by Crippen LogP contribution is 2.20. The van der Waals surface area contributed by atoms with Gasteiger partial charge in [-0.15, -0.1) is 0 Å². The van der Waals surface area contributed by atoms with Gasteiger partial charge in [0.2, 0.25) is 0 Å². The number of hydrogen-bond donors (Lipinski definition) is 2. The van der Waals surface area contributed by atoms with E-state index in [4.69, 9.17) is 4.74 Å². The summed E-state index contributed by atoms with van der Waals surface area (Å²) in [5.74, 6) is 0.378. The minimum atomic E-state index is -0.666. The van der Waals surface area contributed by atoms with E-state index in [0.717, 1.165) is 5.56 Å². The summed E-state index contributed by atoms with van der Waals surface area (Å²) in [5.41, 5.74) is 1.09. The summed E-state index contributed by atoms with van der Waals surface area (Å²) in [6, 6.07) is 9.55. The first-order valence-electron chi connectivity index (χ1n) is 6.75. The van der Waals surface area contributed by atoms with Crippen LogP contribution in [0.5, 0.6) is 0 Å². The highest BCUT2D eigenvalue weighted by Gasteiger charge is 2.37. The Morgan fingerprint density at radius 1 is 1.32 bits per heavy atom. The molecule has 0 aromatic heterocycles. The average molecular weight is 263 g/mol. The molecule has 1 aliphatic rings. The van der Waals surface area contributed by atoms with Crippen LogP contribution in [0.2, 0.25) is 0 Å². The van der Waals surface area contributed by atoms with Gasteiger partial charge >= 0.3 is 6.09 Å². The Balaban J connectivity index is 2.04. The number of aliphatic hydroxyl groups excluding tert-OH is 1. The van der Waals surface area contributed by atoms with Gasteiger partial charge in [-0.1, -0.05) is 44.2 Å². The Kier molecular flexibility index (Phi) is 4.43. The molecule has 1 aromatic rings. The lowest BCUT2D eigenvalue weighted by molar-refractivity contribution is -0.0505. The van der Waals surface area contributed by atoms with Gasteiger partial charge in [0, 0.05) is 0 Å². The predicted octanol–water partition coefficient (Wildman–Crippen LogP) is 2.11. The van der Waals surface area contributed by atoms with Crippen molar-refractivity contribution in [2.24, 2.45) is 5.92 Å². The molecule has 1 amide bonds. The molecular formula is C15H21NO3. The number of amides is 1. The van der Waals surface area contributed by atoms with E-state index in [0.29, 0.717) is 18.8 Å². The lowest BCUT2D eigenvalue weighted by atomic mass is 9.92. The number of nitrogens with one attached hydrogen (secondary N) is 1. The second-order valence-corrected chi connectivity index (χ2v) is 5.50. The average Bonchev–Trinajstić information content (AvgIpc) is 2.35. The fourth-order valence-corrected chi connectivity index (χ4v) is 2.43. The van der Waals surface area contributed by atoms with Gasteiger partial charge in [0.1, 0.15) is 12.2 Å². The van der Waals surface area contributed by atoms with Gasteiger partial charge in [0.25, 0.3) is 0 Å². The number of hydrogen-bond acceptors (Lipinski definition) is 3. The molecule has 0 aliphatic carbocycles. The summed E-state index contributed by atoms with van der Waals surface area (Å²) < 4.78 is 5.18. The van der Waals surface area contributed by atoms with Gasteiger partial charge in [-0.05, 0) is 24.3 Å². The van der Waals surface area contributed by atoms with Gasteiger partial charge in [-0.2, -0.15) is 0 Å². The zero-order valence-corrected chi connectivity index (χ0v) is 11.4. The van der Waals surface area contributed by atoms with Gasteiger partial charge in [-0.3, -0.25) is 0 Å². The van der Waals surface area contributed by atoms with Gasteiger partial charge < -0.3 is 15.2 Å². The van der Waals surface area contributed by atoms with Crippen molar-refractivity contribution in [2.75, 3.05) is 0 Å². The molecule has 1 heterocycles. The van der Waals surface area contributed by atoms with Crippen molar-refractivity contribution < 1.29 is 14.6 Å². The van der Waals surface area contributed by atoms with Crippen LogP contribution in [0.25, 0.3) is 0 Å². The standard InChI is InChI=1S/C15H21NO3/c1-10(2)8-13-14(17)12(16-15(18)19-13)9-11-6-4-3-5-7-11/h3-7,10,12-14,17H,8-9H2,1-2H3,(H,16,18)/t12-,13-,14+/m0/s1. The Morgan fingerprint density at radius 2 is 2.00 bits per heavy atom. The topological polar surface area (TPSA) is 58.6 Å². The third kappa shape index (κ3) is 3.70. The minimum Gasteiger partial charge on any atom is -0.443 e. The lowest BCUT2D eigenvalue weighted by Gasteiger charge is -2.36. The molecule has 0 spiro atoms. The summed E-state index contributed by atoms with van der Waals surface area (Å²) >= 11 is 0. The number of alkyl carbamates (subject to hydrolysis) is 1. The molecule has 1 aliphatic heterocycles. The Labute approximate surface area is 113 Å². The number of rotatable bonds is 4. The molecule has 1 saturated heterocycles.